The Kier molecular flexibility index (Phi) is 5.83. The Hall–Kier alpha value is -2.77. The highest BCUT2D eigenvalue weighted by Crippen LogP contribution is 2.28. The Bertz CT molecular complexity index is 924. The Labute approximate surface area is 164 Å². The van der Waals surface area contributed by atoms with Gasteiger partial charge in [0.05, 0.1) is 10.6 Å². The van der Waals surface area contributed by atoms with E-state index in [0.717, 1.165) is 5.56 Å². The minimum absolute atomic E-state index is 0.229. The van der Waals surface area contributed by atoms with Gasteiger partial charge in [0.2, 0.25) is 0 Å². The van der Waals surface area contributed by atoms with Crippen LogP contribution in [0, 0.1) is 0 Å². The highest BCUT2D eigenvalue weighted by atomic mass is 35.5. The summed E-state index contributed by atoms with van der Waals surface area (Å²) in [7, 11) is 0. The molecule has 0 aliphatic carbocycles. The van der Waals surface area contributed by atoms with E-state index in [1.807, 2.05) is 0 Å². The molecule has 1 heterocycles. The van der Waals surface area contributed by atoms with Crippen LogP contribution in [0.4, 0.5) is 5.69 Å². The summed E-state index contributed by atoms with van der Waals surface area (Å²) in [6.07, 6.45) is 0.798. The lowest BCUT2D eigenvalue weighted by Crippen LogP contribution is -2.22. The number of carboxylic acid groups (broad SMARTS) is 1. The molecule has 138 valence electrons. The SMILES string of the molecule is CC(Oc1ccc(/C=C2/SC(=Nc3ccc(Cl)cc3)NC2=O)cc1)C(=O)O. The first-order chi connectivity index (χ1) is 12.9. The first-order valence-corrected chi connectivity index (χ1v) is 9.15. The number of amides is 1. The molecule has 0 radical (unpaired) electrons. The normalized spacial score (nSPS) is 17.8. The van der Waals surface area contributed by atoms with E-state index in [2.05, 4.69) is 10.3 Å². The molecule has 1 amide bonds. The van der Waals surface area contributed by atoms with Gasteiger partial charge in [-0.05, 0) is 66.7 Å². The standard InChI is InChI=1S/C19H15ClN2O4S/c1-11(18(24)25)26-15-8-2-12(3-9-15)10-16-17(23)22-19(27-16)21-14-6-4-13(20)5-7-14/h2-11H,1H3,(H,24,25)(H,21,22,23)/b16-10+. The summed E-state index contributed by atoms with van der Waals surface area (Å²) in [6.45, 7) is 1.46. The van der Waals surface area contributed by atoms with Crippen molar-refractivity contribution in [3.05, 3.63) is 64.0 Å². The Morgan fingerprint density at radius 1 is 1.22 bits per heavy atom. The number of hydrogen-bond donors (Lipinski definition) is 2. The van der Waals surface area contributed by atoms with Gasteiger partial charge in [0, 0.05) is 5.02 Å². The molecule has 0 bridgehead atoms. The maximum Gasteiger partial charge on any atom is 0.344 e. The number of nitrogens with one attached hydrogen (secondary N) is 1. The van der Waals surface area contributed by atoms with Crippen molar-refractivity contribution in [3.8, 4) is 5.75 Å². The van der Waals surface area contributed by atoms with Gasteiger partial charge in [-0.25, -0.2) is 9.79 Å². The van der Waals surface area contributed by atoms with Crippen LogP contribution < -0.4 is 10.1 Å². The number of aliphatic imine (C=N–C) groups is 1. The predicted octanol–water partition coefficient (Wildman–Crippen LogP) is 4.08. The molecule has 1 saturated heterocycles. The number of benzene rings is 2. The smallest absolute Gasteiger partial charge is 0.344 e. The van der Waals surface area contributed by atoms with Crippen LogP contribution in [0.2, 0.25) is 5.02 Å². The van der Waals surface area contributed by atoms with Crippen molar-refractivity contribution in [1.29, 1.82) is 0 Å². The van der Waals surface area contributed by atoms with Gasteiger partial charge in [-0.3, -0.25) is 4.79 Å². The highest BCUT2D eigenvalue weighted by Gasteiger charge is 2.23. The molecule has 3 rings (SSSR count). The largest absolute Gasteiger partial charge is 0.479 e. The van der Waals surface area contributed by atoms with E-state index in [0.29, 0.717) is 26.5 Å². The predicted molar refractivity (Wildman–Crippen MR) is 106 cm³/mol. The van der Waals surface area contributed by atoms with Gasteiger partial charge in [0.1, 0.15) is 5.75 Å². The van der Waals surface area contributed by atoms with E-state index in [9.17, 15) is 9.59 Å². The van der Waals surface area contributed by atoms with Crippen LogP contribution in [-0.4, -0.2) is 28.3 Å². The number of amidine groups is 1. The third kappa shape index (κ3) is 5.12. The monoisotopic (exact) mass is 402 g/mol. The van der Waals surface area contributed by atoms with Crippen LogP contribution in [0.1, 0.15) is 12.5 Å². The number of hydrogen-bond acceptors (Lipinski definition) is 5. The molecule has 2 N–H and O–H groups in total. The molecule has 1 aliphatic rings. The van der Waals surface area contributed by atoms with Gasteiger partial charge in [0.25, 0.3) is 5.91 Å². The maximum atomic E-state index is 12.1. The number of carboxylic acids is 1. The fourth-order valence-corrected chi connectivity index (χ4v) is 3.13. The lowest BCUT2D eigenvalue weighted by molar-refractivity contribution is -0.144. The Balaban J connectivity index is 1.70. The molecule has 0 saturated carbocycles. The molecular weight excluding hydrogens is 388 g/mol. The number of ether oxygens (including phenoxy) is 1. The Morgan fingerprint density at radius 2 is 1.89 bits per heavy atom. The van der Waals surface area contributed by atoms with Gasteiger partial charge in [-0.15, -0.1) is 0 Å². The van der Waals surface area contributed by atoms with Crippen LogP contribution in [-0.2, 0) is 9.59 Å². The fourth-order valence-electron chi connectivity index (χ4n) is 2.16. The summed E-state index contributed by atoms with van der Waals surface area (Å²) in [4.78, 5) is 27.8. The maximum absolute atomic E-state index is 12.1. The number of carbonyl (C=O) groups excluding carboxylic acids is 1. The molecule has 6 nitrogen and oxygen atoms in total. The number of aliphatic carboxylic acids is 1. The van der Waals surface area contributed by atoms with Crippen LogP contribution in [0.25, 0.3) is 6.08 Å². The van der Waals surface area contributed by atoms with Crippen LogP contribution >= 0.6 is 23.4 Å². The zero-order chi connectivity index (χ0) is 19.4. The van der Waals surface area contributed by atoms with E-state index in [1.165, 1.54) is 18.7 Å². The molecule has 1 atom stereocenters. The lowest BCUT2D eigenvalue weighted by atomic mass is 10.2. The number of thioether (sulfide) groups is 1. The molecule has 8 heteroatoms. The molecule has 1 aliphatic heterocycles. The Morgan fingerprint density at radius 3 is 2.52 bits per heavy atom. The van der Waals surface area contributed by atoms with E-state index in [-0.39, 0.29) is 5.91 Å². The molecule has 0 spiro atoms. The molecule has 2 aromatic carbocycles. The molecule has 2 aromatic rings. The van der Waals surface area contributed by atoms with E-state index in [1.54, 1.807) is 54.6 Å². The van der Waals surface area contributed by atoms with Crippen molar-refractivity contribution < 1.29 is 19.4 Å². The molecule has 1 unspecified atom stereocenters. The summed E-state index contributed by atoms with van der Waals surface area (Å²) in [5, 5.41) is 12.7. The van der Waals surface area contributed by atoms with E-state index < -0.39 is 12.1 Å². The van der Waals surface area contributed by atoms with Crippen LogP contribution in [0.15, 0.2) is 58.4 Å². The zero-order valence-corrected chi connectivity index (χ0v) is 15.8. The topological polar surface area (TPSA) is 88.0 Å². The van der Waals surface area contributed by atoms with Gasteiger partial charge in [-0.2, -0.15) is 0 Å². The number of nitrogens with zero attached hydrogens (tertiary/aromatic N) is 1. The third-order valence-electron chi connectivity index (χ3n) is 3.55. The van der Waals surface area contributed by atoms with Gasteiger partial charge in [0.15, 0.2) is 11.3 Å². The molecule has 1 fully saturated rings. The highest BCUT2D eigenvalue weighted by molar-refractivity contribution is 8.18. The minimum atomic E-state index is -1.03. The average molecular weight is 403 g/mol. The van der Waals surface area contributed by atoms with E-state index in [4.69, 9.17) is 21.4 Å². The molecule has 27 heavy (non-hydrogen) atoms. The van der Waals surface area contributed by atoms with Crippen molar-refractivity contribution in [2.75, 3.05) is 0 Å². The van der Waals surface area contributed by atoms with Gasteiger partial charge in [-0.1, -0.05) is 23.7 Å². The first-order valence-electron chi connectivity index (χ1n) is 7.95. The number of carbonyl (C=O) groups is 2. The number of rotatable bonds is 5. The second-order valence-corrected chi connectivity index (χ2v) is 7.09. The number of halogens is 1. The molecule has 0 aromatic heterocycles. The second-order valence-electron chi connectivity index (χ2n) is 5.63. The van der Waals surface area contributed by atoms with Crippen molar-refractivity contribution in [1.82, 2.24) is 5.32 Å². The lowest BCUT2D eigenvalue weighted by Gasteiger charge is -2.10. The quantitative estimate of drug-likeness (QED) is 0.735. The van der Waals surface area contributed by atoms with Crippen LogP contribution in [0.5, 0.6) is 5.75 Å². The van der Waals surface area contributed by atoms with Crippen molar-refractivity contribution >= 4 is 52.2 Å². The summed E-state index contributed by atoms with van der Waals surface area (Å²) in [5.74, 6) is -0.819. The second kappa shape index (κ2) is 8.28. The summed E-state index contributed by atoms with van der Waals surface area (Å²) in [6, 6.07) is 13.8. The van der Waals surface area contributed by atoms with Crippen LogP contribution in [0.3, 0.4) is 0 Å². The van der Waals surface area contributed by atoms with E-state index >= 15 is 0 Å². The summed E-state index contributed by atoms with van der Waals surface area (Å²) < 4.78 is 5.28. The van der Waals surface area contributed by atoms with Crippen molar-refractivity contribution in [2.45, 2.75) is 13.0 Å². The zero-order valence-electron chi connectivity index (χ0n) is 14.2. The molecular formula is C19H15ClN2O4S. The fraction of sp³-hybridized carbons (Fsp3) is 0.105. The summed E-state index contributed by atoms with van der Waals surface area (Å²) in [5.41, 5.74) is 1.48. The average Bonchev–Trinajstić information content (AvgIpc) is 2.97. The third-order valence-corrected chi connectivity index (χ3v) is 4.71. The van der Waals surface area contributed by atoms with Gasteiger partial charge >= 0.3 is 5.97 Å². The first kappa shape index (κ1) is 19.0. The van der Waals surface area contributed by atoms with Crippen molar-refractivity contribution in [2.24, 2.45) is 4.99 Å². The summed E-state index contributed by atoms with van der Waals surface area (Å²) >= 11 is 7.09. The van der Waals surface area contributed by atoms with Crippen molar-refractivity contribution in [3.63, 3.8) is 0 Å². The minimum Gasteiger partial charge on any atom is -0.479 e. The van der Waals surface area contributed by atoms with Gasteiger partial charge < -0.3 is 15.2 Å².